The molecule has 0 aliphatic carbocycles. The van der Waals surface area contributed by atoms with Crippen LogP contribution < -0.4 is 10.2 Å². The smallest absolute Gasteiger partial charge is 0.352 e. The molecule has 0 saturated heterocycles. The van der Waals surface area contributed by atoms with Crippen molar-refractivity contribution in [3.05, 3.63) is 71.4 Å². The van der Waals surface area contributed by atoms with Crippen LogP contribution in [-0.2, 0) is 4.79 Å². The second-order valence-corrected chi connectivity index (χ2v) is 5.17. The van der Waals surface area contributed by atoms with Gasteiger partial charge in [-0.3, -0.25) is 4.79 Å². The molecule has 118 valence electrons. The first-order valence-corrected chi connectivity index (χ1v) is 7.06. The van der Waals surface area contributed by atoms with Gasteiger partial charge in [0.05, 0.1) is 0 Å². The standard InChI is InChI=1S/C18H18N2O3/c1-20(2)15-10-8-13(9-11-15)12-16(18(22)23)19-17(21)14-6-4-3-5-7-14/h3-12H,1-2H3,(H,19,21)(H,22,23)/b16-12-. The van der Waals surface area contributed by atoms with Gasteiger partial charge in [0.25, 0.3) is 5.91 Å². The van der Waals surface area contributed by atoms with Gasteiger partial charge < -0.3 is 15.3 Å². The summed E-state index contributed by atoms with van der Waals surface area (Å²) >= 11 is 0. The number of carbonyl (C=O) groups is 2. The predicted molar refractivity (Wildman–Crippen MR) is 90.3 cm³/mol. The van der Waals surface area contributed by atoms with Gasteiger partial charge in [-0.25, -0.2) is 4.79 Å². The molecule has 0 unspecified atom stereocenters. The number of rotatable bonds is 5. The third-order valence-electron chi connectivity index (χ3n) is 3.24. The zero-order chi connectivity index (χ0) is 16.8. The number of anilines is 1. The van der Waals surface area contributed by atoms with E-state index in [0.29, 0.717) is 11.1 Å². The van der Waals surface area contributed by atoms with Crippen molar-refractivity contribution in [2.24, 2.45) is 0 Å². The Kier molecular flexibility index (Phi) is 5.15. The largest absolute Gasteiger partial charge is 0.477 e. The molecule has 2 aromatic rings. The zero-order valence-corrected chi connectivity index (χ0v) is 13.0. The fraction of sp³-hybridized carbons (Fsp3) is 0.111. The van der Waals surface area contributed by atoms with Crippen LogP contribution in [0.4, 0.5) is 5.69 Å². The van der Waals surface area contributed by atoms with Gasteiger partial charge in [0.1, 0.15) is 5.70 Å². The van der Waals surface area contributed by atoms with Gasteiger partial charge in [0, 0.05) is 25.3 Å². The SMILES string of the molecule is CN(C)c1ccc(/C=C(\NC(=O)c2ccccc2)C(=O)O)cc1. The minimum atomic E-state index is -1.19. The molecule has 0 saturated carbocycles. The Morgan fingerprint density at radius 3 is 2.13 bits per heavy atom. The van der Waals surface area contributed by atoms with Gasteiger partial charge in [0.2, 0.25) is 0 Å². The highest BCUT2D eigenvalue weighted by Crippen LogP contribution is 2.14. The molecule has 0 aliphatic rings. The van der Waals surface area contributed by atoms with E-state index in [-0.39, 0.29) is 5.70 Å². The maximum Gasteiger partial charge on any atom is 0.352 e. The topological polar surface area (TPSA) is 69.6 Å². The molecular weight excluding hydrogens is 292 g/mol. The first kappa shape index (κ1) is 16.3. The molecule has 1 amide bonds. The molecule has 5 heteroatoms. The Morgan fingerprint density at radius 2 is 1.61 bits per heavy atom. The van der Waals surface area contributed by atoms with Crippen LogP contribution in [0.15, 0.2) is 60.3 Å². The van der Waals surface area contributed by atoms with Crippen molar-refractivity contribution in [1.82, 2.24) is 5.32 Å². The number of nitrogens with zero attached hydrogens (tertiary/aromatic N) is 1. The number of benzene rings is 2. The summed E-state index contributed by atoms with van der Waals surface area (Å²) in [5.41, 5.74) is 1.94. The normalized spacial score (nSPS) is 11.0. The average Bonchev–Trinajstić information content (AvgIpc) is 2.55. The molecule has 2 N–H and O–H groups in total. The second-order valence-electron chi connectivity index (χ2n) is 5.17. The minimum Gasteiger partial charge on any atom is -0.477 e. The summed E-state index contributed by atoms with van der Waals surface area (Å²) in [5, 5.41) is 11.7. The summed E-state index contributed by atoms with van der Waals surface area (Å²) in [7, 11) is 3.85. The van der Waals surface area contributed by atoms with E-state index in [0.717, 1.165) is 5.69 Å². The van der Waals surface area contributed by atoms with Crippen molar-refractivity contribution < 1.29 is 14.7 Å². The van der Waals surface area contributed by atoms with Crippen LogP contribution >= 0.6 is 0 Å². The predicted octanol–water partition coefficient (Wildman–Crippen LogP) is 2.61. The summed E-state index contributed by atoms with van der Waals surface area (Å²) in [6.07, 6.45) is 1.43. The molecule has 0 heterocycles. The molecule has 0 aromatic heterocycles. The van der Waals surface area contributed by atoms with Crippen molar-refractivity contribution >= 4 is 23.6 Å². The lowest BCUT2D eigenvalue weighted by molar-refractivity contribution is -0.132. The summed E-state index contributed by atoms with van der Waals surface area (Å²) < 4.78 is 0. The van der Waals surface area contributed by atoms with E-state index in [2.05, 4.69) is 5.32 Å². The van der Waals surface area contributed by atoms with Gasteiger partial charge in [-0.2, -0.15) is 0 Å². The lowest BCUT2D eigenvalue weighted by Gasteiger charge is -2.12. The van der Waals surface area contributed by atoms with Crippen LogP contribution in [0.5, 0.6) is 0 Å². The molecule has 0 radical (unpaired) electrons. The molecule has 5 nitrogen and oxygen atoms in total. The Labute approximate surface area is 134 Å². The molecule has 23 heavy (non-hydrogen) atoms. The number of carboxylic acids is 1. The highest BCUT2D eigenvalue weighted by atomic mass is 16.4. The van der Waals surface area contributed by atoms with Crippen LogP contribution in [-0.4, -0.2) is 31.1 Å². The molecule has 0 atom stereocenters. The number of hydrogen-bond donors (Lipinski definition) is 2. The third-order valence-corrected chi connectivity index (χ3v) is 3.24. The van der Waals surface area contributed by atoms with E-state index >= 15 is 0 Å². The number of carboxylic acid groups (broad SMARTS) is 1. The van der Waals surface area contributed by atoms with Crippen molar-refractivity contribution in [3.8, 4) is 0 Å². The maximum atomic E-state index is 12.1. The van der Waals surface area contributed by atoms with Crippen molar-refractivity contribution in [2.45, 2.75) is 0 Å². The number of carbonyl (C=O) groups excluding carboxylic acids is 1. The Morgan fingerprint density at radius 1 is 1.00 bits per heavy atom. The number of aliphatic carboxylic acids is 1. The van der Waals surface area contributed by atoms with Gasteiger partial charge in [-0.1, -0.05) is 30.3 Å². The number of nitrogens with one attached hydrogen (secondary N) is 1. The molecular formula is C18H18N2O3. The number of hydrogen-bond acceptors (Lipinski definition) is 3. The fourth-order valence-corrected chi connectivity index (χ4v) is 1.97. The molecule has 0 fully saturated rings. The van der Waals surface area contributed by atoms with Crippen LogP contribution in [0.3, 0.4) is 0 Å². The third kappa shape index (κ3) is 4.44. The first-order valence-electron chi connectivity index (χ1n) is 7.06. The zero-order valence-electron chi connectivity index (χ0n) is 13.0. The van der Waals surface area contributed by atoms with E-state index in [1.54, 1.807) is 42.5 Å². The highest BCUT2D eigenvalue weighted by molar-refractivity contribution is 6.02. The lowest BCUT2D eigenvalue weighted by atomic mass is 10.1. The summed E-state index contributed by atoms with van der Waals surface area (Å²) in [6, 6.07) is 15.8. The van der Waals surface area contributed by atoms with Gasteiger partial charge >= 0.3 is 5.97 Å². The molecule has 2 aromatic carbocycles. The lowest BCUT2D eigenvalue weighted by Crippen LogP contribution is -2.27. The fourth-order valence-electron chi connectivity index (χ4n) is 1.97. The van der Waals surface area contributed by atoms with Gasteiger partial charge in [-0.15, -0.1) is 0 Å². The minimum absolute atomic E-state index is 0.170. The van der Waals surface area contributed by atoms with Gasteiger partial charge in [0.15, 0.2) is 0 Å². The second kappa shape index (κ2) is 7.26. The summed E-state index contributed by atoms with van der Waals surface area (Å²) in [4.78, 5) is 25.4. The molecule has 0 bridgehead atoms. The van der Waals surface area contributed by atoms with Crippen LogP contribution in [0.2, 0.25) is 0 Å². The molecule has 0 spiro atoms. The van der Waals surface area contributed by atoms with Crippen molar-refractivity contribution in [1.29, 1.82) is 0 Å². The Bertz CT molecular complexity index is 720. The average molecular weight is 310 g/mol. The van der Waals surface area contributed by atoms with Crippen LogP contribution in [0.25, 0.3) is 6.08 Å². The van der Waals surface area contributed by atoms with Crippen LogP contribution in [0.1, 0.15) is 15.9 Å². The van der Waals surface area contributed by atoms with Gasteiger partial charge in [-0.05, 0) is 35.9 Å². The Hall–Kier alpha value is -3.08. The van der Waals surface area contributed by atoms with E-state index in [1.165, 1.54) is 6.08 Å². The van der Waals surface area contributed by atoms with Crippen molar-refractivity contribution in [2.75, 3.05) is 19.0 Å². The van der Waals surface area contributed by atoms with E-state index in [9.17, 15) is 14.7 Å². The van der Waals surface area contributed by atoms with E-state index in [4.69, 9.17) is 0 Å². The Balaban J connectivity index is 2.21. The summed E-state index contributed by atoms with van der Waals surface area (Å²) in [5.74, 6) is -1.64. The first-order chi connectivity index (χ1) is 11.0. The number of amides is 1. The maximum absolute atomic E-state index is 12.1. The van der Waals surface area contributed by atoms with E-state index < -0.39 is 11.9 Å². The molecule has 2 rings (SSSR count). The van der Waals surface area contributed by atoms with Crippen molar-refractivity contribution in [3.63, 3.8) is 0 Å². The monoisotopic (exact) mass is 310 g/mol. The van der Waals surface area contributed by atoms with E-state index in [1.807, 2.05) is 31.1 Å². The quantitative estimate of drug-likeness (QED) is 0.833. The molecule has 0 aliphatic heterocycles. The summed E-state index contributed by atoms with van der Waals surface area (Å²) in [6.45, 7) is 0. The van der Waals surface area contributed by atoms with Crippen LogP contribution in [0, 0.1) is 0 Å². The highest BCUT2D eigenvalue weighted by Gasteiger charge is 2.13.